The Kier molecular flexibility index (Phi) is 4.30. The van der Waals surface area contributed by atoms with Gasteiger partial charge in [0.1, 0.15) is 5.75 Å². The maximum Gasteiger partial charge on any atom is 0.307 e. The Bertz CT molecular complexity index is 702. The van der Waals surface area contributed by atoms with E-state index in [1.807, 2.05) is 0 Å². The molecule has 0 unspecified atom stereocenters. The van der Waals surface area contributed by atoms with E-state index in [9.17, 15) is 21.6 Å². The SMILES string of the molecule is O=C(O)Cc1ccc(CS(=O)(=O)O)cc1S(=O)(=O)O. The number of aliphatic carboxylic acids is 1. The number of hydrogen-bond acceptors (Lipinski definition) is 5. The molecule has 0 aliphatic rings. The van der Waals surface area contributed by atoms with E-state index < -0.39 is 43.3 Å². The molecule has 0 radical (unpaired) electrons. The standard InChI is InChI=1S/C9H10O8S2/c10-9(11)4-7-2-1-6(5-18(12,13)14)3-8(7)19(15,16)17/h1-3H,4-5H2,(H,10,11)(H,12,13,14)(H,15,16,17). The molecule has 0 amide bonds. The zero-order chi connectivity index (χ0) is 14.8. The first-order chi connectivity index (χ1) is 8.49. The van der Waals surface area contributed by atoms with Gasteiger partial charge < -0.3 is 5.11 Å². The first kappa shape index (κ1) is 15.6. The molecule has 1 aromatic carbocycles. The van der Waals surface area contributed by atoms with E-state index in [0.29, 0.717) is 0 Å². The van der Waals surface area contributed by atoms with Crippen molar-refractivity contribution in [3.63, 3.8) is 0 Å². The molecule has 19 heavy (non-hydrogen) atoms. The van der Waals surface area contributed by atoms with E-state index in [1.54, 1.807) is 0 Å². The lowest BCUT2D eigenvalue weighted by Gasteiger charge is -2.07. The Hall–Kier alpha value is -1.49. The number of benzene rings is 1. The van der Waals surface area contributed by atoms with Crippen LogP contribution in [0.5, 0.6) is 0 Å². The van der Waals surface area contributed by atoms with Gasteiger partial charge in [-0.05, 0) is 17.2 Å². The van der Waals surface area contributed by atoms with Gasteiger partial charge in [-0.15, -0.1) is 0 Å². The minimum Gasteiger partial charge on any atom is -0.481 e. The topological polar surface area (TPSA) is 146 Å². The number of carboxylic acid groups (broad SMARTS) is 1. The summed E-state index contributed by atoms with van der Waals surface area (Å²) >= 11 is 0. The molecular weight excluding hydrogens is 300 g/mol. The van der Waals surface area contributed by atoms with Crippen LogP contribution in [0.15, 0.2) is 23.1 Å². The molecule has 1 aromatic rings. The summed E-state index contributed by atoms with van der Waals surface area (Å²) < 4.78 is 61.2. The molecule has 0 fully saturated rings. The van der Waals surface area contributed by atoms with Gasteiger partial charge in [0.2, 0.25) is 0 Å². The van der Waals surface area contributed by atoms with Crippen molar-refractivity contribution in [2.45, 2.75) is 17.1 Å². The first-order valence-corrected chi connectivity index (χ1v) is 7.80. The lowest BCUT2D eigenvalue weighted by molar-refractivity contribution is -0.136. The molecule has 106 valence electrons. The molecule has 0 bridgehead atoms. The minimum absolute atomic E-state index is 0.0933. The summed E-state index contributed by atoms with van der Waals surface area (Å²) in [6.07, 6.45) is -0.652. The average molecular weight is 310 g/mol. The highest BCUT2D eigenvalue weighted by atomic mass is 32.2. The quantitative estimate of drug-likeness (QED) is 0.641. The molecule has 0 spiro atoms. The molecule has 0 saturated carbocycles. The smallest absolute Gasteiger partial charge is 0.307 e. The lowest BCUT2D eigenvalue weighted by atomic mass is 10.1. The third-order valence-electron chi connectivity index (χ3n) is 2.10. The van der Waals surface area contributed by atoms with Crippen LogP contribution < -0.4 is 0 Å². The van der Waals surface area contributed by atoms with Gasteiger partial charge >= 0.3 is 5.97 Å². The zero-order valence-corrected chi connectivity index (χ0v) is 11.0. The van der Waals surface area contributed by atoms with Gasteiger partial charge in [-0.1, -0.05) is 12.1 Å². The molecule has 0 aliphatic carbocycles. The van der Waals surface area contributed by atoms with E-state index in [4.69, 9.17) is 14.2 Å². The van der Waals surface area contributed by atoms with Crippen LogP contribution in [0.1, 0.15) is 11.1 Å². The van der Waals surface area contributed by atoms with Crippen molar-refractivity contribution in [3.05, 3.63) is 29.3 Å². The average Bonchev–Trinajstić information content (AvgIpc) is 2.15. The molecule has 1 rings (SSSR count). The zero-order valence-electron chi connectivity index (χ0n) is 9.35. The summed E-state index contributed by atoms with van der Waals surface area (Å²) in [5.74, 6) is -2.16. The third kappa shape index (κ3) is 4.95. The highest BCUT2D eigenvalue weighted by Gasteiger charge is 2.19. The molecule has 8 nitrogen and oxygen atoms in total. The van der Waals surface area contributed by atoms with Gasteiger partial charge in [0.25, 0.3) is 20.2 Å². The van der Waals surface area contributed by atoms with E-state index in [2.05, 4.69) is 0 Å². The van der Waals surface area contributed by atoms with Crippen LogP contribution in [-0.2, 0) is 37.2 Å². The molecule has 0 aromatic heterocycles. The summed E-state index contributed by atoms with van der Waals surface area (Å²) in [6.45, 7) is 0. The van der Waals surface area contributed by atoms with E-state index >= 15 is 0 Å². The highest BCUT2D eigenvalue weighted by molar-refractivity contribution is 7.86. The minimum atomic E-state index is -4.70. The second kappa shape index (κ2) is 5.25. The summed E-state index contributed by atoms with van der Waals surface area (Å²) in [6, 6.07) is 3.03. The Morgan fingerprint density at radius 2 is 1.68 bits per heavy atom. The largest absolute Gasteiger partial charge is 0.481 e. The Balaban J connectivity index is 3.35. The van der Waals surface area contributed by atoms with E-state index in [1.165, 1.54) is 0 Å². The van der Waals surface area contributed by atoms with Gasteiger partial charge in [0, 0.05) is 0 Å². The van der Waals surface area contributed by atoms with Gasteiger partial charge in [-0.2, -0.15) is 16.8 Å². The van der Waals surface area contributed by atoms with E-state index in [0.717, 1.165) is 18.2 Å². The molecule has 0 saturated heterocycles. The predicted molar refractivity (Wildman–Crippen MR) is 62.8 cm³/mol. The number of carbonyl (C=O) groups is 1. The maximum absolute atomic E-state index is 11.1. The fourth-order valence-corrected chi connectivity index (χ4v) is 2.82. The van der Waals surface area contributed by atoms with Crippen molar-refractivity contribution in [3.8, 4) is 0 Å². The molecule has 0 atom stereocenters. The van der Waals surface area contributed by atoms with Crippen LogP contribution in [-0.4, -0.2) is 37.0 Å². The van der Waals surface area contributed by atoms with Crippen molar-refractivity contribution >= 4 is 26.2 Å². The Morgan fingerprint density at radius 1 is 1.11 bits per heavy atom. The van der Waals surface area contributed by atoms with Crippen LogP contribution in [0, 0.1) is 0 Å². The number of hydrogen-bond donors (Lipinski definition) is 3. The highest BCUT2D eigenvalue weighted by Crippen LogP contribution is 2.19. The van der Waals surface area contributed by atoms with Crippen LogP contribution in [0.4, 0.5) is 0 Å². The first-order valence-electron chi connectivity index (χ1n) is 4.75. The normalized spacial score (nSPS) is 12.3. The molecule has 3 N–H and O–H groups in total. The van der Waals surface area contributed by atoms with Crippen molar-refractivity contribution in [1.82, 2.24) is 0 Å². The summed E-state index contributed by atoms with van der Waals surface area (Å²) in [7, 11) is -9.07. The maximum atomic E-state index is 11.1. The second-order valence-electron chi connectivity index (χ2n) is 3.71. The molecule has 0 heterocycles. The summed E-state index contributed by atoms with van der Waals surface area (Å²) in [4.78, 5) is 9.85. The third-order valence-corrected chi connectivity index (χ3v) is 3.73. The van der Waals surface area contributed by atoms with Gasteiger partial charge in [-0.3, -0.25) is 13.9 Å². The van der Waals surface area contributed by atoms with Crippen LogP contribution >= 0.6 is 0 Å². The van der Waals surface area contributed by atoms with Crippen molar-refractivity contribution < 1.29 is 35.8 Å². The Labute approximate surface area is 109 Å². The van der Waals surface area contributed by atoms with Crippen molar-refractivity contribution in [2.75, 3.05) is 0 Å². The number of rotatable bonds is 5. The van der Waals surface area contributed by atoms with Crippen LogP contribution in [0.3, 0.4) is 0 Å². The van der Waals surface area contributed by atoms with Crippen LogP contribution in [0.25, 0.3) is 0 Å². The predicted octanol–water partition coefficient (Wildman–Crippen LogP) is -0.0518. The molecular formula is C9H10O8S2. The van der Waals surface area contributed by atoms with Crippen molar-refractivity contribution in [1.29, 1.82) is 0 Å². The number of carboxylic acids is 1. The van der Waals surface area contributed by atoms with Crippen molar-refractivity contribution in [2.24, 2.45) is 0 Å². The fraction of sp³-hybridized carbons (Fsp3) is 0.222. The molecule has 10 heteroatoms. The second-order valence-corrected chi connectivity index (χ2v) is 6.56. The van der Waals surface area contributed by atoms with Gasteiger partial charge in [0.05, 0.1) is 11.3 Å². The summed E-state index contributed by atoms with van der Waals surface area (Å²) in [5.41, 5.74) is -0.279. The summed E-state index contributed by atoms with van der Waals surface area (Å²) in [5, 5.41) is 8.60. The van der Waals surface area contributed by atoms with Gasteiger partial charge in [-0.25, -0.2) is 0 Å². The molecule has 0 aliphatic heterocycles. The van der Waals surface area contributed by atoms with Crippen LogP contribution in [0.2, 0.25) is 0 Å². The van der Waals surface area contributed by atoms with E-state index in [-0.39, 0.29) is 11.1 Å². The fourth-order valence-electron chi connectivity index (χ4n) is 1.45. The lowest BCUT2D eigenvalue weighted by Crippen LogP contribution is -2.10. The van der Waals surface area contributed by atoms with Gasteiger partial charge in [0.15, 0.2) is 0 Å². The Morgan fingerprint density at radius 3 is 2.11 bits per heavy atom. The monoisotopic (exact) mass is 310 g/mol.